The summed E-state index contributed by atoms with van der Waals surface area (Å²) < 4.78 is 29.2. The zero-order valence-corrected chi connectivity index (χ0v) is 13.0. The van der Waals surface area contributed by atoms with Gasteiger partial charge in [-0.2, -0.15) is 17.4 Å². The van der Waals surface area contributed by atoms with Gasteiger partial charge in [0, 0.05) is 19.5 Å². The minimum atomic E-state index is -3.54. The Labute approximate surface area is 126 Å². The first-order valence-electron chi connectivity index (χ1n) is 7.50. The topological polar surface area (TPSA) is 69.6 Å². The SMILES string of the molecule is CC1CCN(S(=O)(=O)N[C@@H]2c3ccccc3C[C@@H]2O)CC1. The Morgan fingerprint density at radius 2 is 1.90 bits per heavy atom. The van der Waals surface area contributed by atoms with Gasteiger partial charge in [-0.3, -0.25) is 0 Å². The molecule has 3 rings (SSSR count). The van der Waals surface area contributed by atoms with E-state index in [2.05, 4.69) is 11.6 Å². The summed E-state index contributed by atoms with van der Waals surface area (Å²) in [6.45, 7) is 3.26. The van der Waals surface area contributed by atoms with Gasteiger partial charge >= 0.3 is 0 Å². The summed E-state index contributed by atoms with van der Waals surface area (Å²) in [6.07, 6.45) is 1.59. The van der Waals surface area contributed by atoms with E-state index in [1.807, 2.05) is 24.3 Å². The first kappa shape index (κ1) is 15.0. The lowest BCUT2D eigenvalue weighted by atomic mass is 10.0. The van der Waals surface area contributed by atoms with Crippen LogP contribution >= 0.6 is 0 Å². The van der Waals surface area contributed by atoms with Gasteiger partial charge < -0.3 is 5.11 Å². The average molecular weight is 310 g/mol. The molecule has 0 radical (unpaired) electrons. The number of aliphatic hydroxyl groups excluding tert-OH is 1. The molecular weight excluding hydrogens is 288 g/mol. The molecule has 0 amide bonds. The van der Waals surface area contributed by atoms with Crippen molar-refractivity contribution in [3.05, 3.63) is 35.4 Å². The zero-order chi connectivity index (χ0) is 15.0. The molecule has 1 aliphatic heterocycles. The van der Waals surface area contributed by atoms with Crippen LogP contribution < -0.4 is 4.72 Å². The molecule has 116 valence electrons. The van der Waals surface area contributed by atoms with Crippen molar-refractivity contribution in [2.75, 3.05) is 13.1 Å². The smallest absolute Gasteiger partial charge is 0.280 e. The van der Waals surface area contributed by atoms with Gasteiger partial charge in [-0.1, -0.05) is 31.2 Å². The molecule has 1 aromatic carbocycles. The van der Waals surface area contributed by atoms with E-state index in [0.29, 0.717) is 25.4 Å². The first-order valence-corrected chi connectivity index (χ1v) is 8.94. The van der Waals surface area contributed by atoms with Crippen LogP contribution in [-0.4, -0.2) is 37.0 Å². The van der Waals surface area contributed by atoms with E-state index in [4.69, 9.17) is 0 Å². The molecular formula is C15H22N2O3S. The Bertz CT molecular complexity index is 609. The molecule has 6 heteroatoms. The van der Waals surface area contributed by atoms with Crippen molar-refractivity contribution in [1.29, 1.82) is 0 Å². The first-order chi connectivity index (χ1) is 9.97. The van der Waals surface area contributed by atoms with Crippen LogP contribution in [0.15, 0.2) is 24.3 Å². The van der Waals surface area contributed by atoms with Crippen LogP contribution in [0.5, 0.6) is 0 Å². The summed E-state index contributed by atoms with van der Waals surface area (Å²) >= 11 is 0. The van der Waals surface area contributed by atoms with Crippen molar-refractivity contribution in [2.45, 2.75) is 38.3 Å². The number of rotatable bonds is 3. The van der Waals surface area contributed by atoms with Gasteiger partial charge in [-0.15, -0.1) is 0 Å². The lowest BCUT2D eigenvalue weighted by Gasteiger charge is -2.31. The molecule has 0 bridgehead atoms. The summed E-state index contributed by atoms with van der Waals surface area (Å²) in [6, 6.07) is 7.08. The summed E-state index contributed by atoms with van der Waals surface area (Å²) in [7, 11) is -3.54. The van der Waals surface area contributed by atoms with E-state index in [9.17, 15) is 13.5 Å². The lowest BCUT2D eigenvalue weighted by Crippen LogP contribution is -2.47. The van der Waals surface area contributed by atoms with Gasteiger partial charge in [0.25, 0.3) is 10.2 Å². The van der Waals surface area contributed by atoms with Gasteiger partial charge in [0.15, 0.2) is 0 Å². The van der Waals surface area contributed by atoms with Crippen molar-refractivity contribution in [1.82, 2.24) is 9.03 Å². The number of hydrogen-bond acceptors (Lipinski definition) is 3. The fourth-order valence-corrected chi connectivity index (χ4v) is 4.62. The van der Waals surface area contributed by atoms with Gasteiger partial charge in [0.1, 0.15) is 0 Å². The number of fused-ring (bicyclic) bond motifs is 1. The molecule has 5 nitrogen and oxygen atoms in total. The van der Waals surface area contributed by atoms with Crippen LogP contribution in [0.25, 0.3) is 0 Å². The lowest BCUT2D eigenvalue weighted by molar-refractivity contribution is 0.150. The summed E-state index contributed by atoms with van der Waals surface area (Å²) in [4.78, 5) is 0. The Morgan fingerprint density at radius 3 is 2.62 bits per heavy atom. The van der Waals surface area contributed by atoms with E-state index in [-0.39, 0.29) is 0 Å². The molecule has 1 heterocycles. The monoisotopic (exact) mass is 310 g/mol. The van der Waals surface area contributed by atoms with E-state index in [1.165, 1.54) is 4.31 Å². The molecule has 2 atom stereocenters. The van der Waals surface area contributed by atoms with E-state index >= 15 is 0 Å². The van der Waals surface area contributed by atoms with Gasteiger partial charge in [-0.25, -0.2) is 0 Å². The highest BCUT2D eigenvalue weighted by molar-refractivity contribution is 7.87. The second-order valence-electron chi connectivity index (χ2n) is 6.15. The quantitative estimate of drug-likeness (QED) is 0.882. The van der Waals surface area contributed by atoms with Crippen LogP contribution in [0.4, 0.5) is 0 Å². The molecule has 0 spiro atoms. The highest BCUT2D eigenvalue weighted by atomic mass is 32.2. The van der Waals surface area contributed by atoms with E-state index in [0.717, 1.165) is 24.0 Å². The highest BCUT2D eigenvalue weighted by Gasteiger charge is 2.36. The third-order valence-corrected chi connectivity index (χ3v) is 6.16. The minimum absolute atomic E-state index is 0.500. The van der Waals surface area contributed by atoms with Crippen molar-refractivity contribution in [2.24, 2.45) is 5.92 Å². The number of nitrogens with one attached hydrogen (secondary N) is 1. The number of piperidine rings is 1. The molecule has 1 fully saturated rings. The minimum Gasteiger partial charge on any atom is -0.391 e. The molecule has 0 unspecified atom stereocenters. The fraction of sp³-hybridized carbons (Fsp3) is 0.600. The van der Waals surface area contributed by atoms with Crippen molar-refractivity contribution < 1.29 is 13.5 Å². The Balaban J connectivity index is 1.77. The van der Waals surface area contributed by atoms with Crippen LogP contribution in [0, 0.1) is 5.92 Å². The standard InChI is InChI=1S/C15H22N2O3S/c1-11-6-8-17(9-7-11)21(19,20)16-15-13-5-3-2-4-12(13)10-14(15)18/h2-5,11,14-16,18H,6-10H2,1H3/t14-,15+/m0/s1. The normalized spacial score (nSPS) is 27.7. The van der Waals surface area contributed by atoms with Crippen LogP contribution in [0.3, 0.4) is 0 Å². The van der Waals surface area contributed by atoms with Crippen molar-refractivity contribution >= 4 is 10.2 Å². The second kappa shape index (κ2) is 5.68. The summed E-state index contributed by atoms with van der Waals surface area (Å²) in [5.74, 6) is 0.578. The predicted octanol–water partition coefficient (Wildman–Crippen LogP) is 1.21. The molecule has 1 saturated heterocycles. The highest BCUT2D eigenvalue weighted by Crippen LogP contribution is 2.32. The maximum atomic E-state index is 12.5. The number of benzene rings is 1. The molecule has 1 aliphatic carbocycles. The Hall–Kier alpha value is -0.950. The molecule has 0 saturated carbocycles. The van der Waals surface area contributed by atoms with Crippen LogP contribution in [0.1, 0.15) is 36.9 Å². The maximum Gasteiger partial charge on any atom is 0.280 e. The third kappa shape index (κ3) is 2.99. The van der Waals surface area contributed by atoms with Crippen molar-refractivity contribution in [3.63, 3.8) is 0 Å². The van der Waals surface area contributed by atoms with Crippen LogP contribution in [0.2, 0.25) is 0 Å². The zero-order valence-electron chi connectivity index (χ0n) is 12.2. The predicted molar refractivity (Wildman–Crippen MR) is 80.9 cm³/mol. The number of nitrogens with zero attached hydrogens (tertiary/aromatic N) is 1. The van der Waals surface area contributed by atoms with E-state index in [1.54, 1.807) is 0 Å². The van der Waals surface area contributed by atoms with Crippen molar-refractivity contribution in [3.8, 4) is 0 Å². The van der Waals surface area contributed by atoms with Gasteiger partial charge in [0.05, 0.1) is 12.1 Å². The summed E-state index contributed by atoms with van der Waals surface area (Å²) in [5.41, 5.74) is 1.91. The Kier molecular flexibility index (Phi) is 4.05. The molecule has 2 aliphatic rings. The number of aliphatic hydroxyl groups is 1. The Morgan fingerprint density at radius 1 is 1.24 bits per heavy atom. The van der Waals surface area contributed by atoms with Gasteiger partial charge in [-0.05, 0) is 29.9 Å². The summed E-state index contributed by atoms with van der Waals surface area (Å²) in [5, 5.41) is 10.2. The average Bonchev–Trinajstić information content (AvgIpc) is 2.75. The molecule has 2 N–H and O–H groups in total. The van der Waals surface area contributed by atoms with E-state index < -0.39 is 22.4 Å². The third-order valence-electron chi connectivity index (χ3n) is 4.56. The maximum absolute atomic E-state index is 12.5. The number of hydrogen-bond donors (Lipinski definition) is 2. The molecule has 21 heavy (non-hydrogen) atoms. The van der Waals surface area contributed by atoms with Crippen LogP contribution in [-0.2, 0) is 16.6 Å². The fourth-order valence-electron chi connectivity index (χ4n) is 3.18. The molecule has 0 aromatic heterocycles. The molecule has 1 aromatic rings. The van der Waals surface area contributed by atoms with Gasteiger partial charge in [0.2, 0.25) is 0 Å². The largest absolute Gasteiger partial charge is 0.391 e. The second-order valence-corrected chi connectivity index (χ2v) is 7.85.